The fourth-order valence-corrected chi connectivity index (χ4v) is 3.16. The average Bonchev–Trinajstić information content (AvgIpc) is 3.10. The molecule has 3 rings (SSSR count). The van der Waals surface area contributed by atoms with Gasteiger partial charge in [0, 0.05) is 0 Å². The van der Waals surface area contributed by atoms with Crippen LogP contribution in [-0.2, 0) is 4.79 Å². The molecule has 0 spiro atoms. The number of para-hydroxylation sites is 2. The third kappa shape index (κ3) is 5.17. The fourth-order valence-electron chi connectivity index (χ4n) is 2.47. The Morgan fingerprint density at radius 3 is 2.66 bits per heavy atom. The van der Waals surface area contributed by atoms with Crippen LogP contribution in [0.25, 0.3) is 11.4 Å². The Balaban J connectivity index is 1.46. The van der Waals surface area contributed by atoms with E-state index in [4.69, 9.17) is 15.3 Å². The van der Waals surface area contributed by atoms with Crippen LogP contribution in [-0.4, -0.2) is 46.8 Å². The molecule has 0 fully saturated rings. The van der Waals surface area contributed by atoms with Crippen LogP contribution < -0.4 is 20.6 Å². The predicted molar refractivity (Wildman–Crippen MR) is 108 cm³/mol. The van der Waals surface area contributed by atoms with Crippen molar-refractivity contribution in [1.82, 2.24) is 20.2 Å². The molecule has 0 saturated carbocycles. The summed E-state index contributed by atoms with van der Waals surface area (Å²) in [6, 6.07) is 13.4. The molecular formula is C19H20FN5O3S. The van der Waals surface area contributed by atoms with Gasteiger partial charge in [-0.3, -0.25) is 4.79 Å². The topological polar surface area (TPSA) is 104 Å². The normalized spacial score (nSPS) is 10.6. The number of carbonyl (C=O) groups excluding carboxylic acids is 1. The average molecular weight is 417 g/mol. The minimum atomic E-state index is -0.448. The number of aromatic nitrogens is 3. The van der Waals surface area contributed by atoms with E-state index in [1.54, 1.807) is 37.4 Å². The molecule has 2 aromatic carbocycles. The lowest BCUT2D eigenvalue weighted by molar-refractivity contribution is -0.118. The first kappa shape index (κ1) is 20.5. The van der Waals surface area contributed by atoms with Crippen LogP contribution in [0.4, 0.5) is 4.39 Å². The van der Waals surface area contributed by atoms with Crippen molar-refractivity contribution >= 4 is 17.7 Å². The standard InChI is InChI=1S/C19H20FN5O3S/c1-27-15-8-4-5-9-16(15)28-11-10-22-17(26)12-29-19-24-23-18(25(19)21)13-6-2-3-7-14(13)20/h2-9H,10-12,21H2,1H3,(H,22,26). The van der Waals surface area contributed by atoms with Crippen molar-refractivity contribution in [2.45, 2.75) is 5.16 Å². The molecule has 0 unspecified atom stereocenters. The predicted octanol–water partition coefficient (Wildman–Crippen LogP) is 2.09. The van der Waals surface area contributed by atoms with E-state index in [0.29, 0.717) is 29.8 Å². The fraction of sp³-hybridized carbons (Fsp3) is 0.211. The molecule has 152 valence electrons. The van der Waals surface area contributed by atoms with Gasteiger partial charge in [-0.05, 0) is 24.3 Å². The van der Waals surface area contributed by atoms with Crippen LogP contribution in [0, 0.1) is 5.82 Å². The zero-order chi connectivity index (χ0) is 20.6. The van der Waals surface area contributed by atoms with Crippen LogP contribution in [0.1, 0.15) is 0 Å². The summed E-state index contributed by atoms with van der Waals surface area (Å²) in [5, 5.41) is 10.9. The van der Waals surface area contributed by atoms with Crippen molar-refractivity contribution in [3.8, 4) is 22.9 Å². The zero-order valence-electron chi connectivity index (χ0n) is 15.7. The lowest BCUT2D eigenvalue weighted by Gasteiger charge is -2.10. The van der Waals surface area contributed by atoms with Gasteiger partial charge in [-0.1, -0.05) is 36.0 Å². The van der Waals surface area contributed by atoms with Crippen LogP contribution >= 0.6 is 11.8 Å². The highest BCUT2D eigenvalue weighted by molar-refractivity contribution is 7.99. The van der Waals surface area contributed by atoms with Gasteiger partial charge in [0.25, 0.3) is 0 Å². The molecule has 8 nitrogen and oxygen atoms in total. The van der Waals surface area contributed by atoms with Crippen molar-refractivity contribution in [3.05, 3.63) is 54.3 Å². The van der Waals surface area contributed by atoms with Gasteiger partial charge < -0.3 is 20.6 Å². The van der Waals surface area contributed by atoms with Crippen molar-refractivity contribution in [2.75, 3.05) is 31.9 Å². The summed E-state index contributed by atoms with van der Waals surface area (Å²) in [5.41, 5.74) is 0.243. The molecule has 0 radical (unpaired) electrons. The van der Waals surface area contributed by atoms with E-state index < -0.39 is 5.82 Å². The highest BCUT2D eigenvalue weighted by atomic mass is 32.2. The number of hydrogen-bond donors (Lipinski definition) is 2. The number of ether oxygens (including phenoxy) is 2. The second-order valence-corrected chi connectivity index (χ2v) is 6.74. The summed E-state index contributed by atoms with van der Waals surface area (Å²) in [7, 11) is 1.56. The Bertz CT molecular complexity index is 982. The summed E-state index contributed by atoms with van der Waals surface area (Å²) in [6.07, 6.45) is 0. The molecule has 0 aliphatic carbocycles. The van der Waals surface area contributed by atoms with Crippen LogP contribution in [0.5, 0.6) is 11.5 Å². The molecule has 0 bridgehead atoms. The van der Waals surface area contributed by atoms with Crippen LogP contribution in [0.15, 0.2) is 53.7 Å². The van der Waals surface area contributed by atoms with E-state index in [-0.39, 0.29) is 23.0 Å². The van der Waals surface area contributed by atoms with Gasteiger partial charge in [-0.25, -0.2) is 9.07 Å². The van der Waals surface area contributed by atoms with Gasteiger partial charge in [-0.2, -0.15) is 0 Å². The van der Waals surface area contributed by atoms with E-state index >= 15 is 0 Å². The van der Waals surface area contributed by atoms with Crippen molar-refractivity contribution in [1.29, 1.82) is 0 Å². The van der Waals surface area contributed by atoms with Gasteiger partial charge in [0.05, 0.1) is 25.0 Å². The highest BCUT2D eigenvalue weighted by Gasteiger charge is 2.16. The van der Waals surface area contributed by atoms with Crippen molar-refractivity contribution < 1.29 is 18.7 Å². The van der Waals surface area contributed by atoms with Gasteiger partial charge in [0.2, 0.25) is 11.1 Å². The first-order valence-electron chi connectivity index (χ1n) is 8.71. The Hall–Kier alpha value is -3.27. The lowest BCUT2D eigenvalue weighted by atomic mass is 10.2. The van der Waals surface area contributed by atoms with Crippen LogP contribution in [0.3, 0.4) is 0 Å². The maximum absolute atomic E-state index is 13.9. The molecule has 0 aliphatic rings. The zero-order valence-corrected chi connectivity index (χ0v) is 16.5. The molecule has 0 atom stereocenters. The molecule has 3 aromatic rings. The van der Waals surface area contributed by atoms with Crippen LogP contribution in [0.2, 0.25) is 0 Å². The molecule has 0 saturated heterocycles. The molecule has 3 N–H and O–H groups in total. The number of nitrogen functional groups attached to an aromatic ring is 1. The minimum Gasteiger partial charge on any atom is -0.493 e. The second-order valence-electron chi connectivity index (χ2n) is 5.79. The minimum absolute atomic E-state index is 0.0846. The van der Waals surface area contributed by atoms with Gasteiger partial charge in [0.15, 0.2) is 17.3 Å². The monoisotopic (exact) mass is 417 g/mol. The SMILES string of the molecule is COc1ccccc1OCCNC(=O)CSc1nnc(-c2ccccc2F)n1N. The first-order chi connectivity index (χ1) is 14.1. The summed E-state index contributed by atoms with van der Waals surface area (Å²) in [6.45, 7) is 0.620. The smallest absolute Gasteiger partial charge is 0.230 e. The van der Waals surface area contributed by atoms with Gasteiger partial charge in [0.1, 0.15) is 12.4 Å². The lowest BCUT2D eigenvalue weighted by Crippen LogP contribution is -2.29. The number of nitrogens with zero attached hydrogens (tertiary/aromatic N) is 3. The molecule has 1 aromatic heterocycles. The molecule has 29 heavy (non-hydrogen) atoms. The molecule has 1 amide bonds. The van der Waals surface area contributed by atoms with E-state index in [2.05, 4.69) is 15.5 Å². The summed E-state index contributed by atoms with van der Waals surface area (Å²) in [4.78, 5) is 12.0. The van der Waals surface area contributed by atoms with Crippen molar-refractivity contribution in [3.63, 3.8) is 0 Å². The maximum Gasteiger partial charge on any atom is 0.230 e. The van der Waals surface area contributed by atoms with E-state index in [9.17, 15) is 9.18 Å². The van der Waals surface area contributed by atoms with E-state index in [1.807, 2.05) is 12.1 Å². The van der Waals surface area contributed by atoms with Crippen molar-refractivity contribution in [2.24, 2.45) is 0 Å². The first-order valence-corrected chi connectivity index (χ1v) is 9.69. The molecule has 1 heterocycles. The number of rotatable bonds is 9. The number of amides is 1. The number of nitrogens with one attached hydrogen (secondary N) is 1. The Morgan fingerprint density at radius 2 is 1.90 bits per heavy atom. The Morgan fingerprint density at radius 1 is 1.17 bits per heavy atom. The third-order valence-electron chi connectivity index (χ3n) is 3.86. The number of thioether (sulfide) groups is 1. The number of benzene rings is 2. The number of hydrogen-bond acceptors (Lipinski definition) is 7. The molecule has 10 heteroatoms. The third-order valence-corrected chi connectivity index (χ3v) is 4.81. The Kier molecular flexibility index (Phi) is 6.90. The summed E-state index contributed by atoms with van der Waals surface area (Å²) in [5.74, 6) is 6.79. The van der Waals surface area contributed by atoms with E-state index in [0.717, 1.165) is 11.8 Å². The number of carbonyl (C=O) groups is 1. The second kappa shape index (κ2) is 9.78. The maximum atomic E-state index is 13.9. The van der Waals surface area contributed by atoms with E-state index in [1.165, 1.54) is 10.7 Å². The molecule has 0 aliphatic heterocycles. The number of methoxy groups -OCH3 is 1. The quantitative estimate of drug-likeness (QED) is 0.312. The van der Waals surface area contributed by atoms with Gasteiger partial charge in [-0.15, -0.1) is 10.2 Å². The summed E-state index contributed by atoms with van der Waals surface area (Å²) < 4.78 is 25.9. The Labute approximate surface area is 171 Å². The van der Waals surface area contributed by atoms with Gasteiger partial charge >= 0.3 is 0 Å². The molecular weight excluding hydrogens is 397 g/mol. The highest BCUT2D eigenvalue weighted by Crippen LogP contribution is 2.25. The number of halogens is 1. The number of nitrogens with two attached hydrogens (primary N) is 1. The largest absolute Gasteiger partial charge is 0.493 e. The summed E-state index contributed by atoms with van der Waals surface area (Å²) >= 11 is 1.11.